The first-order valence-corrected chi connectivity index (χ1v) is 16.1. The number of benzene rings is 4. The highest BCUT2D eigenvalue weighted by atomic mass is 16.5. The maximum atomic E-state index is 14.0. The first-order valence-electron chi connectivity index (χ1n) is 16.1. The van der Waals surface area contributed by atoms with Crippen LogP contribution in [0.1, 0.15) is 41.5 Å². The van der Waals surface area contributed by atoms with Crippen LogP contribution in [-0.2, 0) is 17.9 Å². The number of carbonyl (C=O) groups is 1. The van der Waals surface area contributed by atoms with Crippen LogP contribution in [0.4, 0.5) is 0 Å². The fourth-order valence-corrected chi connectivity index (χ4v) is 6.39. The molecule has 1 aliphatic heterocycles. The third-order valence-corrected chi connectivity index (χ3v) is 9.08. The summed E-state index contributed by atoms with van der Waals surface area (Å²) in [4.78, 5) is 18.4. The zero-order chi connectivity index (χ0) is 31.9. The van der Waals surface area contributed by atoms with Crippen LogP contribution in [0.5, 0.6) is 17.2 Å². The molecule has 0 N–H and O–H groups in total. The average Bonchev–Trinajstić information content (AvgIpc) is 3.48. The van der Waals surface area contributed by atoms with Crippen molar-refractivity contribution >= 4 is 16.8 Å². The molecular weight excluding hydrogens is 574 g/mol. The van der Waals surface area contributed by atoms with Crippen molar-refractivity contribution in [1.82, 2.24) is 14.4 Å². The summed E-state index contributed by atoms with van der Waals surface area (Å²) >= 11 is 0. The molecule has 238 valence electrons. The van der Waals surface area contributed by atoms with Gasteiger partial charge in [0.1, 0.15) is 12.4 Å². The zero-order valence-electron chi connectivity index (χ0n) is 27.0. The molecule has 1 amide bonds. The molecule has 7 nitrogen and oxygen atoms in total. The molecule has 0 bridgehead atoms. The molecule has 1 aliphatic rings. The molecule has 2 heterocycles. The molecule has 4 aromatic carbocycles. The minimum atomic E-state index is -0.171. The number of fused-ring (bicyclic) bond motifs is 1. The van der Waals surface area contributed by atoms with Gasteiger partial charge in [-0.3, -0.25) is 4.79 Å². The molecule has 0 radical (unpaired) electrons. The van der Waals surface area contributed by atoms with Crippen LogP contribution in [0, 0.1) is 0 Å². The van der Waals surface area contributed by atoms with E-state index in [2.05, 4.69) is 65.1 Å². The second-order valence-electron chi connectivity index (χ2n) is 11.8. The van der Waals surface area contributed by atoms with Gasteiger partial charge in [-0.15, -0.1) is 0 Å². The second-order valence-corrected chi connectivity index (χ2v) is 11.8. The number of rotatable bonds is 12. The van der Waals surface area contributed by atoms with Crippen molar-refractivity contribution < 1.29 is 19.0 Å². The number of methoxy groups -OCH3 is 2. The summed E-state index contributed by atoms with van der Waals surface area (Å²) in [7, 11) is 3.35. The standard InChI is InChI=1S/C39H43N3O4/c1-4-40-20-22-41(23-21-40)39(43)25-34(31-16-19-37(38(24-31)45-3)46-28-30-10-6-5-7-11-30)35-27-42(36-13-9-8-12-33(35)36)26-29-14-17-32(44-2)18-15-29/h5-19,24,27,34H,4,20-23,25-26,28H2,1-3H3. The smallest absolute Gasteiger partial charge is 0.223 e. The summed E-state index contributed by atoms with van der Waals surface area (Å²) in [6, 6.07) is 32.9. The molecule has 1 fully saturated rings. The van der Waals surface area contributed by atoms with Crippen LogP contribution < -0.4 is 14.2 Å². The molecule has 1 aromatic heterocycles. The summed E-state index contributed by atoms with van der Waals surface area (Å²) in [6.07, 6.45) is 2.60. The fraction of sp³-hybridized carbons (Fsp3) is 0.308. The van der Waals surface area contributed by atoms with Crippen molar-refractivity contribution in [3.05, 3.63) is 126 Å². The largest absolute Gasteiger partial charge is 0.497 e. The number of para-hydroxylation sites is 1. The molecule has 1 saturated heterocycles. The van der Waals surface area contributed by atoms with Gasteiger partial charge < -0.3 is 28.6 Å². The van der Waals surface area contributed by atoms with Crippen molar-refractivity contribution in [2.45, 2.75) is 32.4 Å². The number of amides is 1. The highest BCUT2D eigenvalue weighted by Crippen LogP contribution is 2.39. The van der Waals surface area contributed by atoms with Gasteiger partial charge in [0.05, 0.1) is 14.2 Å². The molecule has 5 aromatic rings. The number of nitrogens with zero attached hydrogens (tertiary/aromatic N) is 3. The summed E-state index contributed by atoms with van der Waals surface area (Å²) in [5, 5.41) is 1.15. The van der Waals surface area contributed by atoms with Crippen molar-refractivity contribution in [3.63, 3.8) is 0 Å². The minimum Gasteiger partial charge on any atom is -0.497 e. The van der Waals surface area contributed by atoms with E-state index in [1.807, 2.05) is 59.5 Å². The Kier molecular flexibility index (Phi) is 9.89. The van der Waals surface area contributed by atoms with Crippen molar-refractivity contribution in [3.8, 4) is 17.2 Å². The van der Waals surface area contributed by atoms with E-state index in [1.165, 1.54) is 5.56 Å². The number of likely N-dealkylation sites (N-methyl/N-ethyl adjacent to an activating group) is 1. The lowest BCUT2D eigenvalue weighted by atomic mass is 9.87. The van der Waals surface area contributed by atoms with Crippen LogP contribution in [0.15, 0.2) is 103 Å². The summed E-state index contributed by atoms with van der Waals surface area (Å²) < 4.78 is 19.7. The third-order valence-electron chi connectivity index (χ3n) is 9.08. The number of carbonyl (C=O) groups excluding carboxylic acids is 1. The van der Waals surface area contributed by atoms with Gasteiger partial charge in [-0.2, -0.15) is 0 Å². The predicted octanol–water partition coefficient (Wildman–Crippen LogP) is 6.97. The quantitative estimate of drug-likeness (QED) is 0.151. The Morgan fingerprint density at radius 3 is 2.24 bits per heavy atom. The Morgan fingerprint density at radius 1 is 0.783 bits per heavy atom. The predicted molar refractivity (Wildman–Crippen MR) is 183 cm³/mol. The van der Waals surface area contributed by atoms with Crippen LogP contribution in [0.3, 0.4) is 0 Å². The summed E-state index contributed by atoms with van der Waals surface area (Å²) in [5.74, 6) is 2.18. The van der Waals surface area contributed by atoms with Crippen molar-refractivity contribution in [2.75, 3.05) is 46.9 Å². The van der Waals surface area contributed by atoms with Gasteiger partial charge in [0.25, 0.3) is 0 Å². The maximum Gasteiger partial charge on any atom is 0.223 e. The number of piperazine rings is 1. The van der Waals surface area contributed by atoms with Gasteiger partial charge >= 0.3 is 0 Å². The molecule has 0 aliphatic carbocycles. The molecule has 6 rings (SSSR count). The topological polar surface area (TPSA) is 56.2 Å². The highest BCUT2D eigenvalue weighted by molar-refractivity contribution is 5.87. The molecule has 46 heavy (non-hydrogen) atoms. The normalized spacial score (nSPS) is 14.3. The summed E-state index contributed by atoms with van der Waals surface area (Å²) in [5.41, 5.74) is 5.56. The van der Waals surface area contributed by atoms with Gasteiger partial charge in [0.15, 0.2) is 11.5 Å². The van der Waals surface area contributed by atoms with Crippen LogP contribution in [0.25, 0.3) is 10.9 Å². The average molecular weight is 618 g/mol. The zero-order valence-corrected chi connectivity index (χ0v) is 27.0. The Hall–Kier alpha value is -4.75. The third kappa shape index (κ3) is 7.05. The van der Waals surface area contributed by atoms with E-state index in [1.54, 1.807) is 14.2 Å². The van der Waals surface area contributed by atoms with E-state index >= 15 is 0 Å². The van der Waals surface area contributed by atoms with Gasteiger partial charge in [0.2, 0.25) is 5.91 Å². The molecule has 7 heteroatoms. The van der Waals surface area contributed by atoms with Gasteiger partial charge in [0, 0.05) is 62.2 Å². The SMILES string of the molecule is CCN1CCN(C(=O)CC(c2ccc(OCc3ccccc3)c(OC)c2)c2cn(Cc3ccc(OC)cc3)c3ccccc23)CC1. The Bertz CT molecular complexity index is 1740. The van der Waals surface area contributed by atoms with E-state index in [0.29, 0.717) is 31.1 Å². The van der Waals surface area contributed by atoms with E-state index in [4.69, 9.17) is 14.2 Å². The van der Waals surface area contributed by atoms with Gasteiger partial charge in [-0.1, -0.05) is 73.7 Å². The van der Waals surface area contributed by atoms with E-state index in [0.717, 1.165) is 66.1 Å². The molecule has 1 atom stereocenters. The Labute approximate surface area is 271 Å². The first-order chi connectivity index (χ1) is 22.6. The van der Waals surface area contributed by atoms with E-state index in [-0.39, 0.29) is 11.8 Å². The minimum absolute atomic E-state index is 0.171. The van der Waals surface area contributed by atoms with Crippen molar-refractivity contribution in [2.24, 2.45) is 0 Å². The van der Waals surface area contributed by atoms with Crippen LogP contribution >= 0.6 is 0 Å². The summed E-state index contributed by atoms with van der Waals surface area (Å²) in [6.45, 7) is 7.68. The maximum absolute atomic E-state index is 14.0. The number of aromatic nitrogens is 1. The number of ether oxygens (including phenoxy) is 3. The Morgan fingerprint density at radius 2 is 1.52 bits per heavy atom. The van der Waals surface area contributed by atoms with E-state index in [9.17, 15) is 4.79 Å². The number of hydrogen-bond acceptors (Lipinski definition) is 5. The first kappa shape index (κ1) is 31.2. The van der Waals surface area contributed by atoms with Crippen LogP contribution in [-0.4, -0.2) is 67.2 Å². The highest BCUT2D eigenvalue weighted by Gasteiger charge is 2.28. The number of hydrogen-bond donors (Lipinski definition) is 0. The lowest BCUT2D eigenvalue weighted by Gasteiger charge is -2.35. The van der Waals surface area contributed by atoms with Crippen molar-refractivity contribution in [1.29, 1.82) is 0 Å². The van der Waals surface area contributed by atoms with Gasteiger partial charge in [-0.05, 0) is 59.1 Å². The van der Waals surface area contributed by atoms with E-state index < -0.39 is 0 Å². The molecule has 0 spiro atoms. The molecule has 0 saturated carbocycles. The van der Waals surface area contributed by atoms with Crippen LogP contribution in [0.2, 0.25) is 0 Å². The second kappa shape index (κ2) is 14.6. The lowest BCUT2D eigenvalue weighted by Crippen LogP contribution is -2.48. The fourth-order valence-electron chi connectivity index (χ4n) is 6.39. The Balaban J connectivity index is 1.35. The molecule has 1 unspecified atom stereocenters. The molecular formula is C39H43N3O4. The monoisotopic (exact) mass is 617 g/mol. The lowest BCUT2D eigenvalue weighted by molar-refractivity contribution is -0.133. The van der Waals surface area contributed by atoms with Gasteiger partial charge in [-0.25, -0.2) is 0 Å².